The summed E-state index contributed by atoms with van der Waals surface area (Å²) in [5, 5.41) is 0. The summed E-state index contributed by atoms with van der Waals surface area (Å²) < 4.78 is 15.3. The van der Waals surface area contributed by atoms with E-state index in [9.17, 15) is 19.2 Å². The Hall–Kier alpha value is -5.84. The van der Waals surface area contributed by atoms with E-state index in [1.165, 1.54) is 31.9 Å². The number of para-hydroxylation sites is 2. The molecule has 52 heavy (non-hydrogen) atoms. The van der Waals surface area contributed by atoms with Crippen molar-refractivity contribution in [1.82, 2.24) is 29.7 Å². The first-order chi connectivity index (χ1) is 25.4. The Morgan fingerprint density at radius 2 is 1.04 bits per heavy atom. The first-order valence-corrected chi connectivity index (χ1v) is 16.7. The Kier molecular flexibility index (Phi) is 13.6. The average molecular weight is 712 g/mol. The molecule has 0 saturated carbocycles. The van der Waals surface area contributed by atoms with Gasteiger partial charge < -0.3 is 29.7 Å². The molecule has 16 heteroatoms. The van der Waals surface area contributed by atoms with Gasteiger partial charge in [-0.25, -0.2) is 34.3 Å². The van der Waals surface area contributed by atoms with Gasteiger partial charge in [-0.05, 0) is 24.3 Å². The van der Waals surface area contributed by atoms with Crippen LogP contribution in [0.3, 0.4) is 0 Å². The number of Topliss-reactive ketones (excluding diaryl/α,β-unsaturated/α-hetero) is 1. The third-order valence-electron chi connectivity index (χ3n) is 8.10. The fourth-order valence-electron chi connectivity index (χ4n) is 5.25. The van der Waals surface area contributed by atoms with Crippen molar-refractivity contribution in [2.45, 2.75) is 13.1 Å². The van der Waals surface area contributed by atoms with Crippen molar-refractivity contribution >= 4 is 35.2 Å². The maximum Gasteiger partial charge on any atom is 0.341 e. The molecule has 6 rings (SSSR count). The summed E-state index contributed by atoms with van der Waals surface area (Å²) in [5.41, 5.74) is 7.49. The molecule has 2 aromatic carbocycles. The number of morpholine rings is 2. The SMILES string of the molecule is COC(=O)c1cnc(CN(C(=O)N2CCOCC2)c2ccccc2)nc1.NCC(=O)c1cnc(CN(C(=O)N2CCOCC2)c2ccccc2)nc1. The van der Waals surface area contributed by atoms with E-state index in [0.717, 1.165) is 11.4 Å². The van der Waals surface area contributed by atoms with E-state index < -0.39 is 5.97 Å². The number of hydrogen-bond acceptors (Lipinski definition) is 12. The Labute approximate surface area is 301 Å². The van der Waals surface area contributed by atoms with Crippen molar-refractivity contribution in [3.05, 3.63) is 108 Å². The van der Waals surface area contributed by atoms with Gasteiger partial charge in [0, 0.05) is 62.3 Å². The van der Waals surface area contributed by atoms with Crippen molar-refractivity contribution in [1.29, 1.82) is 0 Å². The molecule has 4 aromatic rings. The zero-order valence-electron chi connectivity index (χ0n) is 28.9. The summed E-state index contributed by atoms with van der Waals surface area (Å²) in [6, 6.07) is 18.5. The Bertz CT molecular complexity index is 1620. The molecular weight excluding hydrogens is 670 g/mol. The molecule has 0 unspecified atom stereocenters. The number of nitrogens with zero attached hydrogens (tertiary/aromatic N) is 8. The third-order valence-corrected chi connectivity index (χ3v) is 8.10. The van der Waals surface area contributed by atoms with E-state index in [0.29, 0.717) is 69.8 Å². The van der Waals surface area contributed by atoms with E-state index >= 15 is 0 Å². The highest BCUT2D eigenvalue weighted by Gasteiger charge is 2.26. The number of urea groups is 2. The van der Waals surface area contributed by atoms with Crippen LogP contribution < -0.4 is 15.5 Å². The van der Waals surface area contributed by atoms with Gasteiger partial charge in [-0.3, -0.25) is 14.6 Å². The monoisotopic (exact) mass is 711 g/mol. The topological polar surface area (TPSA) is 187 Å². The fraction of sp³-hybridized carbons (Fsp3) is 0.333. The second-order valence-corrected chi connectivity index (χ2v) is 11.5. The molecule has 0 aliphatic carbocycles. The minimum atomic E-state index is -0.499. The van der Waals surface area contributed by atoms with Crippen LogP contribution in [0.2, 0.25) is 0 Å². The molecule has 272 valence electrons. The number of aromatic nitrogens is 4. The van der Waals surface area contributed by atoms with Crippen LogP contribution in [-0.2, 0) is 27.3 Å². The van der Waals surface area contributed by atoms with Crippen LogP contribution in [0.25, 0.3) is 0 Å². The highest BCUT2D eigenvalue weighted by Crippen LogP contribution is 2.20. The van der Waals surface area contributed by atoms with Gasteiger partial charge in [0.25, 0.3) is 0 Å². The summed E-state index contributed by atoms with van der Waals surface area (Å²) >= 11 is 0. The molecule has 2 aliphatic heterocycles. The fourth-order valence-corrected chi connectivity index (χ4v) is 5.25. The lowest BCUT2D eigenvalue weighted by molar-refractivity contribution is 0.0547. The van der Waals surface area contributed by atoms with Crippen LogP contribution in [0.15, 0.2) is 85.5 Å². The van der Waals surface area contributed by atoms with Crippen LogP contribution in [0.4, 0.5) is 21.0 Å². The molecule has 2 fully saturated rings. The van der Waals surface area contributed by atoms with Gasteiger partial charge in [0.15, 0.2) is 5.78 Å². The van der Waals surface area contributed by atoms with E-state index in [4.69, 9.17) is 15.2 Å². The minimum Gasteiger partial charge on any atom is -0.465 e. The number of nitrogens with two attached hydrogens (primary N) is 1. The molecule has 4 amide bonds. The van der Waals surface area contributed by atoms with Crippen molar-refractivity contribution in [2.75, 3.05) is 76.1 Å². The number of anilines is 2. The van der Waals surface area contributed by atoms with Gasteiger partial charge in [-0.1, -0.05) is 36.4 Å². The second-order valence-electron chi connectivity index (χ2n) is 11.5. The average Bonchev–Trinajstić information content (AvgIpc) is 3.22. The highest BCUT2D eigenvalue weighted by molar-refractivity contribution is 5.97. The van der Waals surface area contributed by atoms with E-state index in [1.807, 2.05) is 60.7 Å². The molecular formula is C36H41N9O7. The standard InChI is InChI=1S/C18H21N5O3.C18H20N4O4/c19-10-16(24)14-11-20-17(21-12-14)13-23(15-4-2-1-3-5-15)18(25)22-6-8-26-9-7-22;1-25-17(23)14-11-19-16(20-12-14)13-22(15-5-3-2-4-6-15)18(24)21-7-9-26-10-8-21/h1-5,11-12H,6-10,13,19H2;2-6,11-12H,7-10,13H2,1H3. The summed E-state index contributed by atoms with van der Waals surface area (Å²) in [7, 11) is 1.30. The van der Waals surface area contributed by atoms with E-state index in [2.05, 4.69) is 24.7 Å². The summed E-state index contributed by atoms with van der Waals surface area (Å²) in [4.78, 5) is 72.6. The van der Waals surface area contributed by atoms with Crippen molar-refractivity contribution in [3.8, 4) is 0 Å². The normalized spacial score (nSPS) is 14.0. The van der Waals surface area contributed by atoms with E-state index in [-0.39, 0.29) is 43.0 Å². The lowest BCUT2D eigenvalue weighted by Crippen LogP contribution is -2.48. The maximum atomic E-state index is 13.0. The lowest BCUT2D eigenvalue weighted by Gasteiger charge is -2.32. The highest BCUT2D eigenvalue weighted by atomic mass is 16.5. The smallest absolute Gasteiger partial charge is 0.341 e. The number of rotatable bonds is 9. The van der Waals surface area contributed by atoms with Gasteiger partial charge in [0.1, 0.15) is 11.6 Å². The van der Waals surface area contributed by atoms with Gasteiger partial charge in [-0.15, -0.1) is 0 Å². The van der Waals surface area contributed by atoms with Crippen molar-refractivity contribution in [2.24, 2.45) is 5.73 Å². The lowest BCUT2D eigenvalue weighted by atomic mass is 10.2. The molecule has 2 N–H and O–H groups in total. The first kappa shape index (κ1) is 37.4. The molecule has 16 nitrogen and oxygen atoms in total. The predicted octanol–water partition coefficient (Wildman–Crippen LogP) is 2.80. The Morgan fingerprint density at radius 3 is 1.40 bits per heavy atom. The van der Waals surface area contributed by atoms with Gasteiger partial charge >= 0.3 is 18.0 Å². The Balaban J connectivity index is 0.000000201. The molecule has 0 atom stereocenters. The maximum absolute atomic E-state index is 13.0. The van der Waals surface area contributed by atoms with Crippen LogP contribution in [-0.4, -0.2) is 120 Å². The minimum absolute atomic E-state index is 0.0889. The molecule has 0 spiro atoms. The third kappa shape index (κ3) is 10.1. The number of esters is 1. The van der Waals surface area contributed by atoms with Gasteiger partial charge in [0.05, 0.1) is 64.3 Å². The quantitative estimate of drug-likeness (QED) is 0.198. The number of hydrogen-bond donors (Lipinski definition) is 1. The molecule has 2 aromatic heterocycles. The van der Waals surface area contributed by atoms with Crippen LogP contribution >= 0.6 is 0 Å². The molecule has 4 heterocycles. The largest absolute Gasteiger partial charge is 0.465 e. The van der Waals surface area contributed by atoms with Crippen LogP contribution in [0.1, 0.15) is 32.4 Å². The van der Waals surface area contributed by atoms with Crippen molar-refractivity contribution in [3.63, 3.8) is 0 Å². The van der Waals surface area contributed by atoms with Gasteiger partial charge in [0.2, 0.25) is 0 Å². The summed E-state index contributed by atoms with van der Waals surface area (Å²) in [6.07, 6.45) is 5.69. The number of carbonyl (C=O) groups excluding carboxylic acids is 4. The number of amides is 4. The zero-order chi connectivity index (χ0) is 36.7. The molecule has 0 bridgehead atoms. The van der Waals surface area contributed by atoms with Crippen LogP contribution in [0.5, 0.6) is 0 Å². The molecule has 2 saturated heterocycles. The summed E-state index contributed by atoms with van der Waals surface area (Å²) in [6.45, 7) is 4.61. The molecule has 0 radical (unpaired) electrons. The van der Waals surface area contributed by atoms with Crippen LogP contribution in [0, 0.1) is 0 Å². The first-order valence-electron chi connectivity index (χ1n) is 16.7. The summed E-state index contributed by atoms with van der Waals surface area (Å²) in [5.74, 6) is 0.161. The Morgan fingerprint density at radius 1 is 0.654 bits per heavy atom. The number of carbonyl (C=O) groups is 4. The zero-order valence-corrected chi connectivity index (χ0v) is 28.9. The van der Waals surface area contributed by atoms with Gasteiger partial charge in [-0.2, -0.15) is 0 Å². The molecule has 2 aliphatic rings. The number of ether oxygens (including phenoxy) is 3. The number of benzene rings is 2. The van der Waals surface area contributed by atoms with E-state index in [1.54, 1.807) is 19.6 Å². The van der Waals surface area contributed by atoms with Crippen molar-refractivity contribution < 1.29 is 33.4 Å². The predicted molar refractivity (Wildman–Crippen MR) is 190 cm³/mol. The number of ketones is 1. The number of methoxy groups -OCH3 is 1. The second kappa shape index (κ2) is 19.0.